The fourth-order valence-electron chi connectivity index (χ4n) is 2.34. The summed E-state index contributed by atoms with van der Waals surface area (Å²) < 4.78 is 24.8. The summed E-state index contributed by atoms with van der Waals surface area (Å²) in [4.78, 5) is 12.1. The molecule has 116 valence electrons. The summed E-state index contributed by atoms with van der Waals surface area (Å²) in [6.45, 7) is 3.31. The Morgan fingerprint density at radius 2 is 2.43 bits per heavy atom. The molecule has 21 heavy (non-hydrogen) atoms. The van der Waals surface area contributed by atoms with Crippen molar-refractivity contribution in [3.05, 3.63) is 34.1 Å². The quantitative estimate of drug-likeness (QED) is 0.793. The summed E-state index contributed by atoms with van der Waals surface area (Å²) in [5.74, 6) is -0.803. The first-order valence-electron chi connectivity index (χ1n) is 7.08. The van der Waals surface area contributed by atoms with Crippen molar-refractivity contribution >= 4 is 21.9 Å². The first kappa shape index (κ1) is 16.4. The van der Waals surface area contributed by atoms with Crippen LogP contribution in [0.15, 0.2) is 22.7 Å². The molecule has 2 unspecified atom stereocenters. The summed E-state index contributed by atoms with van der Waals surface area (Å²) >= 11 is 3.36. The predicted octanol–water partition coefficient (Wildman–Crippen LogP) is 2.96. The molecule has 1 aromatic rings. The van der Waals surface area contributed by atoms with Gasteiger partial charge in [-0.15, -0.1) is 0 Å². The molecule has 2 atom stereocenters. The molecule has 0 aliphatic carbocycles. The molecule has 1 aliphatic rings. The van der Waals surface area contributed by atoms with E-state index in [9.17, 15) is 9.18 Å². The zero-order valence-corrected chi connectivity index (χ0v) is 13.5. The Morgan fingerprint density at radius 3 is 3.10 bits per heavy atom. The third-order valence-corrected chi connectivity index (χ3v) is 4.09. The number of hydrogen-bond acceptors (Lipinski definition) is 4. The number of esters is 1. The molecule has 0 radical (unpaired) electrons. The van der Waals surface area contributed by atoms with E-state index in [2.05, 4.69) is 21.2 Å². The van der Waals surface area contributed by atoms with Gasteiger partial charge in [-0.2, -0.15) is 0 Å². The Morgan fingerprint density at radius 1 is 1.62 bits per heavy atom. The van der Waals surface area contributed by atoms with Gasteiger partial charge in [-0.1, -0.05) is 15.9 Å². The topological polar surface area (TPSA) is 47.6 Å². The van der Waals surface area contributed by atoms with Crippen molar-refractivity contribution in [3.8, 4) is 0 Å². The SMILES string of the molecule is CCOC(=O)C(NCC1CCCO1)c1cc(F)ccc1Br. The number of halogens is 2. The second kappa shape index (κ2) is 7.87. The lowest BCUT2D eigenvalue weighted by molar-refractivity contribution is -0.146. The fourth-order valence-corrected chi connectivity index (χ4v) is 2.81. The largest absolute Gasteiger partial charge is 0.465 e. The van der Waals surface area contributed by atoms with Gasteiger partial charge in [0, 0.05) is 17.6 Å². The van der Waals surface area contributed by atoms with Gasteiger partial charge in [0.1, 0.15) is 11.9 Å². The van der Waals surface area contributed by atoms with Gasteiger partial charge < -0.3 is 9.47 Å². The van der Waals surface area contributed by atoms with Crippen LogP contribution >= 0.6 is 15.9 Å². The van der Waals surface area contributed by atoms with Crippen molar-refractivity contribution in [3.63, 3.8) is 0 Å². The minimum absolute atomic E-state index is 0.0919. The van der Waals surface area contributed by atoms with Crippen LogP contribution < -0.4 is 5.32 Å². The molecule has 1 aromatic carbocycles. The van der Waals surface area contributed by atoms with E-state index in [1.54, 1.807) is 13.0 Å². The highest BCUT2D eigenvalue weighted by atomic mass is 79.9. The molecule has 1 fully saturated rings. The zero-order chi connectivity index (χ0) is 15.2. The molecule has 0 amide bonds. The monoisotopic (exact) mass is 359 g/mol. The maximum atomic E-state index is 13.5. The van der Waals surface area contributed by atoms with E-state index in [1.807, 2.05) is 0 Å². The first-order valence-corrected chi connectivity index (χ1v) is 7.87. The van der Waals surface area contributed by atoms with Crippen molar-refractivity contribution < 1.29 is 18.7 Å². The lowest BCUT2D eigenvalue weighted by Gasteiger charge is -2.21. The van der Waals surface area contributed by atoms with Gasteiger partial charge >= 0.3 is 5.97 Å². The standard InChI is InChI=1S/C15H19BrFNO3/c1-2-20-15(19)14(18-9-11-4-3-7-21-11)12-8-10(17)5-6-13(12)16/h5-6,8,11,14,18H,2-4,7,9H2,1H3. The number of carbonyl (C=O) groups excluding carboxylic acids is 1. The van der Waals surface area contributed by atoms with E-state index in [0.29, 0.717) is 16.6 Å². The van der Waals surface area contributed by atoms with Crippen molar-refractivity contribution in [1.82, 2.24) is 5.32 Å². The highest BCUT2D eigenvalue weighted by Gasteiger charge is 2.26. The number of nitrogens with one attached hydrogen (secondary N) is 1. The molecular weight excluding hydrogens is 341 g/mol. The van der Waals surface area contributed by atoms with E-state index >= 15 is 0 Å². The number of benzene rings is 1. The summed E-state index contributed by atoms with van der Waals surface area (Å²) in [7, 11) is 0. The summed E-state index contributed by atoms with van der Waals surface area (Å²) in [6, 6.07) is 3.56. The van der Waals surface area contributed by atoms with Crippen molar-refractivity contribution in [2.45, 2.75) is 31.9 Å². The van der Waals surface area contributed by atoms with Gasteiger partial charge in [-0.25, -0.2) is 9.18 Å². The van der Waals surface area contributed by atoms with Crippen LogP contribution in [0.5, 0.6) is 0 Å². The molecule has 4 nitrogen and oxygen atoms in total. The number of ether oxygens (including phenoxy) is 2. The van der Waals surface area contributed by atoms with E-state index < -0.39 is 12.0 Å². The second-order valence-corrected chi connectivity index (χ2v) is 5.75. The highest BCUT2D eigenvalue weighted by molar-refractivity contribution is 9.10. The van der Waals surface area contributed by atoms with Gasteiger partial charge in [-0.05, 0) is 43.5 Å². The Labute approximate surface area is 132 Å². The minimum Gasteiger partial charge on any atom is -0.465 e. The zero-order valence-electron chi connectivity index (χ0n) is 11.9. The van der Waals surface area contributed by atoms with E-state index in [1.165, 1.54) is 12.1 Å². The molecule has 0 bridgehead atoms. The van der Waals surface area contributed by atoms with Crippen molar-refractivity contribution in [1.29, 1.82) is 0 Å². The fraction of sp³-hybridized carbons (Fsp3) is 0.533. The number of hydrogen-bond donors (Lipinski definition) is 1. The summed E-state index contributed by atoms with van der Waals surface area (Å²) in [6.07, 6.45) is 2.08. The Kier molecular flexibility index (Phi) is 6.14. The third-order valence-electron chi connectivity index (χ3n) is 3.36. The van der Waals surface area contributed by atoms with Crippen LogP contribution in [0.1, 0.15) is 31.4 Å². The van der Waals surface area contributed by atoms with Gasteiger partial charge in [0.15, 0.2) is 0 Å². The molecular formula is C15H19BrFNO3. The lowest BCUT2D eigenvalue weighted by atomic mass is 10.1. The van der Waals surface area contributed by atoms with Gasteiger partial charge in [-0.3, -0.25) is 5.32 Å². The lowest BCUT2D eigenvalue weighted by Crippen LogP contribution is -2.35. The second-order valence-electron chi connectivity index (χ2n) is 4.89. The van der Waals surface area contributed by atoms with Gasteiger partial charge in [0.25, 0.3) is 0 Å². The van der Waals surface area contributed by atoms with Crippen LogP contribution in [-0.4, -0.2) is 31.8 Å². The molecule has 1 saturated heterocycles. The van der Waals surface area contributed by atoms with Crippen LogP contribution in [0, 0.1) is 5.82 Å². The highest BCUT2D eigenvalue weighted by Crippen LogP contribution is 2.26. The predicted molar refractivity (Wildman–Crippen MR) is 80.5 cm³/mol. The normalized spacial score (nSPS) is 19.5. The van der Waals surface area contributed by atoms with Gasteiger partial charge in [0.05, 0.1) is 12.7 Å². The van der Waals surface area contributed by atoms with Gasteiger partial charge in [0.2, 0.25) is 0 Å². The van der Waals surface area contributed by atoms with Crippen molar-refractivity contribution in [2.75, 3.05) is 19.8 Å². The van der Waals surface area contributed by atoms with Crippen LogP contribution in [0.3, 0.4) is 0 Å². The molecule has 6 heteroatoms. The van der Waals surface area contributed by atoms with Crippen LogP contribution in [0.25, 0.3) is 0 Å². The average molecular weight is 360 g/mol. The maximum absolute atomic E-state index is 13.5. The van der Waals surface area contributed by atoms with E-state index in [4.69, 9.17) is 9.47 Å². The average Bonchev–Trinajstić information content (AvgIpc) is 2.96. The van der Waals surface area contributed by atoms with E-state index in [-0.39, 0.29) is 18.5 Å². The van der Waals surface area contributed by atoms with E-state index in [0.717, 1.165) is 19.4 Å². The molecule has 0 spiro atoms. The summed E-state index contributed by atoms with van der Waals surface area (Å²) in [5.41, 5.74) is 0.534. The van der Waals surface area contributed by atoms with Crippen LogP contribution in [0.2, 0.25) is 0 Å². The molecule has 1 heterocycles. The Hall–Kier alpha value is -0.980. The smallest absolute Gasteiger partial charge is 0.327 e. The Bertz CT molecular complexity index is 492. The number of rotatable bonds is 6. The maximum Gasteiger partial charge on any atom is 0.327 e. The Balaban J connectivity index is 2.14. The first-order chi connectivity index (χ1) is 10.1. The minimum atomic E-state index is -0.709. The number of carbonyl (C=O) groups is 1. The van der Waals surface area contributed by atoms with Crippen LogP contribution in [-0.2, 0) is 14.3 Å². The third kappa shape index (κ3) is 4.49. The molecule has 0 aromatic heterocycles. The van der Waals surface area contributed by atoms with Crippen molar-refractivity contribution in [2.24, 2.45) is 0 Å². The molecule has 2 rings (SSSR count). The molecule has 1 aliphatic heterocycles. The van der Waals surface area contributed by atoms with Crippen LogP contribution in [0.4, 0.5) is 4.39 Å². The molecule has 0 saturated carbocycles. The summed E-state index contributed by atoms with van der Waals surface area (Å²) in [5, 5.41) is 3.13. The molecule has 1 N–H and O–H groups in total.